The molecule has 30 heavy (non-hydrogen) atoms. The maximum absolute atomic E-state index is 13.0. The van der Waals surface area contributed by atoms with Crippen LogP contribution in [0.25, 0.3) is 0 Å². The summed E-state index contributed by atoms with van der Waals surface area (Å²) < 4.78 is 6.96. The number of benzene rings is 1. The highest BCUT2D eigenvalue weighted by molar-refractivity contribution is 7.18. The lowest BCUT2D eigenvalue weighted by molar-refractivity contribution is -0.380. The molecule has 9 nitrogen and oxygen atoms in total. The monoisotopic (exact) mass is 428 g/mol. The first-order valence-electron chi connectivity index (χ1n) is 9.15. The fourth-order valence-corrected chi connectivity index (χ4v) is 3.85. The zero-order chi connectivity index (χ0) is 21.8. The van der Waals surface area contributed by atoms with Crippen LogP contribution < -0.4 is 5.32 Å². The number of nitrogens with one attached hydrogen (secondary N) is 1. The quantitative estimate of drug-likeness (QED) is 0.346. The van der Waals surface area contributed by atoms with Crippen LogP contribution in [0.5, 0.6) is 0 Å². The van der Waals surface area contributed by atoms with Crippen molar-refractivity contribution in [2.24, 2.45) is 0 Å². The number of esters is 1. The Kier molecular flexibility index (Phi) is 6.26. The molecule has 0 aliphatic heterocycles. The predicted molar refractivity (Wildman–Crippen MR) is 112 cm³/mol. The van der Waals surface area contributed by atoms with Crippen molar-refractivity contribution in [2.45, 2.75) is 27.3 Å². The standard InChI is InChI=1S/C20H20N4O5S/c1-4-29-19(26)17-12(2)16(13(3)23(17)11-14-8-6-5-7-9-14)18(25)22-20-21-10-15(30-20)24(27)28/h5-10H,4,11H2,1-3H3,(H,21,22,25). The molecule has 0 radical (unpaired) electrons. The van der Waals surface area contributed by atoms with Crippen LogP contribution in [-0.4, -0.2) is 33.0 Å². The molecule has 156 valence electrons. The third-order valence-electron chi connectivity index (χ3n) is 4.54. The molecule has 0 unspecified atom stereocenters. The number of hydrogen-bond donors (Lipinski definition) is 1. The van der Waals surface area contributed by atoms with E-state index in [0.29, 0.717) is 29.1 Å². The second-order valence-electron chi connectivity index (χ2n) is 6.44. The van der Waals surface area contributed by atoms with E-state index >= 15 is 0 Å². The average Bonchev–Trinajstić information content (AvgIpc) is 3.26. The third kappa shape index (κ3) is 4.23. The summed E-state index contributed by atoms with van der Waals surface area (Å²) in [6, 6.07) is 9.55. The molecule has 3 aromatic rings. The molecule has 2 heterocycles. The summed E-state index contributed by atoms with van der Waals surface area (Å²) in [5, 5.41) is 13.4. The topological polar surface area (TPSA) is 116 Å². The predicted octanol–water partition coefficient (Wildman–Crippen LogP) is 3.95. The Morgan fingerprint density at radius 1 is 1.27 bits per heavy atom. The van der Waals surface area contributed by atoms with Crippen molar-refractivity contribution in [3.05, 3.63) is 74.7 Å². The molecule has 0 aliphatic rings. The molecule has 0 bridgehead atoms. The Balaban J connectivity index is 2.01. The number of rotatable bonds is 7. The molecule has 2 aromatic heterocycles. The number of carbonyl (C=O) groups excluding carboxylic acids is 2. The average molecular weight is 428 g/mol. The lowest BCUT2D eigenvalue weighted by Crippen LogP contribution is -2.15. The zero-order valence-corrected chi connectivity index (χ0v) is 17.5. The van der Waals surface area contributed by atoms with Gasteiger partial charge in [-0.3, -0.25) is 20.2 Å². The minimum Gasteiger partial charge on any atom is -0.461 e. The lowest BCUT2D eigenvalue weighted by atomic mass is 10.1. The number of ether oxygens (including phenoxy) is 1. The molecule has 0 fully saturated rings. The number of nitrogens with zero attached hydrogens (tertiary/aromatic N) is 3. The van der Waals surface area contributed by atoms with E-state index in [1.807, 2.05) is 30.3 Å². The summed E-state index contributed by atoms with van der Waals surface area (Å²) in [6.07, 6.45) is 1.09. The van der Waals surface area contributed by atoms with E-state index in [1.165, 1.54) is 0 Å². The summed E-state index contributed by atoms with van der Waals surface area (Å²) in [7, 11) is 0. The van der Waals surface area contributed by atoms with Gasteiger partial charge in [0.2, 0.25) is 0 Å². The number of aromatic nitrogens is 2. The molecular weight excluding hydrogens is 408 g/mol. The second kappa shape index (κ2) is 8.87. The summed E-state index contributed by atoms with van der Waals surface area (Å²) in [6.45, 7) is 5.74. The van der Waals surface area contributed by atoms with Gasteiger partial charge < -0.3 is 9.30 Å². The first-order valence-corrected chi connectivity index (χ1v) is 9.97. The summed E-state index contributed by atoms with van der Waals surface area (Å²) in [5.74, 6) is -1.01. The molecule has 1 aromatic carbocycles. The van der Waals surface area contributed by atoms with Gasteiger partial charge in [0.15, 0.2) is 5.13 Å². The summed E-state index contributed by atoms with van der Waals surface area (Å²) >= 11 is 0.763. The maximum Gasteiger partial charge on any atom is 0.355 e. The van der Waals surface area contributed by atoms with E-state index in [4.69, 9.17) is 4.74 Å². The molecule has 0 spiro atoms. The van der Waals surface area contributed by atoms with Gasteiger partial charge in [0, 0.05) is 12.2 Å². The SMILES string of the molecule is CCOC(=O)c1c(C)c(C(=O)Nc2ncc([N+](=O)[O-])s2)c(C)n1Cc1ccccc1. The van der Waals surface area contributed by atoms with Gasteiger partial charge in [-0.1, -0.05) is 30.3 Å². The van der Waals surface area contributed by atoms with Crippen LogP contribution in [0.4, 0.5) is 10.1 Å². The number of amides is 1. The van der Waals surface area contributed by atoms with Crippen molar-refractivity contribution in [1.82, 2.24) is 9.55 Å². The fourth-order valence-electron chi connectivity index (χ4n) is 3.22. The molecule has 0 saturated heterocycles. The van der Waals surface area contributed by atoms with Crippen molar-refractivity contribution < 1.29 is 19.2 Å². The molecule has 10 heteroatoms. The molecular formula is C20H20N4O5S. The molecule has 1 amide bonds. The fraction of sp³-hybridized carbons (Fsp3) is 0.250. The lowest BCUT2D eigenvalue weighted by Gasteiger charge is -2.12. The smallest absolute Gasteiger partial charge is 0.355 e. The highest BCUT2D eigenvalue weighted by Gasteiger charge is 2.28. The highest BCUT2D eigenvalue weighted by atomic mass is 32.1. The highest BCUT2D eigenvalue weighted by Crippen LogP contribution is 2.28. The van der Waals surface area contributed by atoms with E-state index in [2.05, 4.69) is 10.3 Å². The van der Waals surface area contributed by atoms with Crippen molar-refractivity contribution in [1.29, 1.82) is 0 Å². The number of hydrogen-bond acceptors (Lipinski definition) is 7. The first-order chi connectivity index (χ1) is 14.3. The maximum atomic E-state index is 13.0. The van der Waals surface area contributed by atoms with Gasteiger partial charge in [0.25, 0.3) is 5.91 Å². The Hall–Kier alpha value is -3.53. The second-order valence-corrected chi connectivity index (χ2v) is 7.45. The van der Waals surface area contributed by atoms with Gasteiger partial charge in [-0.05, 0) is 43.2 Å². The van der Waals surface area contributed by atoms with Crippen molar-refractivity contribution in [3.8, 4) is 0 Å². The van der Waals surface area contributed by atoms with E-state index in [0.717, 1.165) is 23.1 Å². The van der Waals surface area contributed by atoms with Crippen LogP contribution in [0.3, 0.4) is 0 Å². The van der Waals surface area contributed by atoms with E-state index in [9.17, 15) is 19.7 Å². The number of carbonyl (C=O) groups is 2. The van der Waals surface area contributed by atoms with Gasteiger partial charge in [-0.25, -0.2) is 9.78 Å². The van der Waals surface area contributed by atoms with Crippen LogP contribution >= 0.6 is 11.3 Å². The van der Waals surface area contributed by atoms with Gasteiger partial charge in [0.1, 0.15) is 11.9 Å². The molecule has 0 aliphatic carbocycles. The van der Waals surface area contributed by atoms with E-state index in [1.54, 1.807) is 25.3 Å². The zero-order valence-electron chi connectivity index (χ0n) is 16.7. The summed E-state index contributed by atoms with van der Waals surface area (Å²) in [5.41, 5.74) is 2.64. The number of anilines is 1. The Labute approximate surface area is 176 Å². The van der Waals surface area contributed by atoms with Gasteiger partial charge >= 0.3 is 11.0 Å². The Morgan fingerprint density at radius 2 is 1.97 bits per heavy atom. The van der Waals surface area contributed by atoms with E-state index in [-0.39, 0.29) is 16.7 Å². The van der Waals surface area contributed by atoms with Crippen molar-refractivity contribution in [3.63, 3.8) is 0 Å². The molecule has 1 N–H and O–H groups in total. The summed E-state index contributed by atoms with van der Waals surface area (Å²) in [4.78, 5) is 39.7. The number of thiazole rings is 1. The van der Waals surface area contributed by atoms with Crippen LogP contribution in [0.2, 0.25) is 0 Å². The normalized spacial score (nSPS) is 10.6. The Bertz CT molecular complexity index is 1100. The van der Waals surface area contributed by atoms with Gasteiger partial charge in [-0.2, -0.15) is 0 Å². The minimum atomic E-state index is -0.570. The van der Waals surface area contributed by atoms with Crippen LogP contribution in [0.1, 0.15) is 44.6 Å². The molecule has 0 atom stereocenters. The van der Waals surface area contributed by atoms with E-state index < -0.39 is 16.8 Å². The van der Waals surface area contributed by atoms with Gasteiger partial charge in [0.05, 0.1) is 17.1 Å². The van der Waals surface area contributed by atoms with Gasteiger partial charge in [-0.15, -0.1) is 0 Å². The van der Waals surface area contributed by atoms with Crippen molar-refractivity contribution >= 4 is 33.3 Å². The van der Waals surface area contributed by atoms with Crippen molar-refractivity contribution in [2.75, 3.05) is 11.9 Å². The molecule has 0 saturated carbocycles. The Morgan fingerprint density at radius 3 is 2.57 bits per heavy atom. The first kappa shape index (κ1) is 21.2. The largest absolute Gasteiger partial charge is 0.461 e. The third-order valence-corrected chi connectivity index (χ3v) is 5.40. The van der Waals surface area contributed by atoms with Crippen LogP contribution in [0.15, 0.2) is 36.5 Å². The number of nitro groups is 1. The van der Waals surface area contributed by atoms with Crippen LogP contribution in [-0.2, 0) is 11.3 Å². The molecule has 3 rings (SSSR count). The minimum absolute atomic E-state index is 0.110. The van der Waals surface area contributed by atoms with Crippen LogP contribution in [0, 0.1) is 24.0 Å².